The van der Waals surface area contributed by atoms with Crippen molar-refractivity contribution in [3.63, 3.8) is 0 Å². The van der Waals surface area contributed by atoms with Crippen LogP contribution in [0.3, 0.4) is 0 Å². The lowest BCUT2D eigenvalue weighted by Crippen LogP contribution is -2.14. The Labute approximate surface area is 166 Å². The molecule has 0 fully saturated rings. The molecule has 1 amide bonds. The van der Waals surface area contributed by atoms with Crippen LogP contribution in [0, 0.1) is 20.8 Å². The summed E-state index contributed by atoms with van der Waals surface area (Å²) in [6, 6.07) is 19.7. The zero-order chi connectivity index (χ0) is 20.1. The number of carbonyl (C=O) groups excluding carboxylic acids is 1. The molecular formula is C25H25NO2. The molecule has 1 N–H and O–H groups in total. The number of carbonyl (C=O) groups is 1. The lowest BCUT2D eigenvalue weighted by molar-refractivity contribution is 0.102. The van der Waals surface area contributed by atoms with Gasteiger partial charge in [-0.1, -0.05) is 48.6 Å². The molecule has 0 spiro atoms. The minimum atomic E-state index is -0.0850. The molecule has 142 valence electrons. The van der Waals surface area contributed by atoms with Gasteiger partial charge >= 0.3 is 0 Å². The first-order chi connectivity index (χ1) is 13.5. The number of aryl methyl sites for hydroxylation is 2. The number of amides is 1. The highest BCUT2D eigenvalue weighted by Crippen LogP contribution is 2.22. The molecule has 0 aliphatic carbocycles. The summed E-state index contributed by atoms with van der Waals surface area (Å²) in [5.74, 6) is 0.741. The van der Waals surface area contributed by atoms with Crippen LogP contribution in [0.4, 0.5) is 5.69 Å². The lowest BCUT2D eigenvalue weighted by atomic mass is 10.0. The smallest absolute Gasteiger partial charge is 0.255 e. The average Bonchev–Trinajstić information content (AvgIpc) is 2.70. The van der Waals surface area contributed by atoms with Crippen LogP contribution in [-0.2, 0) is 0 Å². The zero-order valence-corrected chi connectivity index (χ0v) is 16.7. The Morgan fingerprint density at radius 1 is 0.857 bits per heavy atom. The summed E-state index contributed by atoms with van der Waals surface area (Å²) in [4.78, 5) is 12.8. The van der Waals surface area contributed by atoms with Gasteiger partial charge in [-0.3, -0.25) is 4.79 Å². The van der Waals surface area contributed by atoms with E-state index in [-0.39, 0.29) is 5.91 Å². The highest BCUT2D eigenvalue weighted by molar-refractivity contribution is 6.06. The van der Waals surface area contributed by atoms with E-state index in [0.717, 1.165) is 39.3 Å². The van der Waals surface area contributed by atoms with E-state index in [9.17, 15) is 4.79 Å². The third-order valence-electron chi connectivity index (χ3n) is 4.92. The summed E-state index contributed by atoms with van der Waals surface area (Å²) in [6.07, 6.45) is 4.06. The van der Waals surface area contributed by atoms with E-state index in [1.807, 2.05) is 93.6 Å². The monoisotopic (exact) mass is 371 g/mol. The Balaban J connectivity index is 1.82. The maximum Gasteiger partial charge on any atom is 0.255 e. The first kappa shape index (κ1) is 19.4. The van der Waals surface area contributed by atoms with Crippen molar-refractivity contribution < 1.29 is 9.53 Å². The highest BCUT2D eigenvalue weighted by Gasteiger charge is 2.11. The second-order valence-corrected chi connectivity index (χ2v) is 6.89. The molecule has 0 aromatic heterocycles. The van der Waals surface area contributed by atoms with Crippen LogP contribution in [0.1, 0.15) is 38.2 Å². The SMILES string of the molecule is COc1cccc(/C=C/c2ccc(C)c(NC(=O)c3cccc(C)c3C)c2)c1. The fourth-order valence-electron chi connectivity index (χ4n) is 3.00. The van der Waals surface area contributed by atoms with E-state index in [4.69, 9.17) is 4.74 Å². The van der Waals surface area contributed by atoms with E-state index in [1.54, 1.807) is 7.11 Å². The average molecular weight is 371 g/mol. The molecule has 3 heteroatoms. The van der Waals surface area contributed by atoms with Gasteiger partial charge in [-0.25, -0.2) is 0 Å². The lowest BCUT2D eigenvalue weighted by Gasteiger charge is -2.12. The largest absolute Gasteiger partial charge is 0.497 e. The topological polar surface area (TPSA) is 38.3 Å². The number of hydrogen-bond acceptors (Lipinski definition) is 2. The van der Waals surface area contributed by atoms with Gasteiger partial charge in [0.25, 0.3) is 5.91 Å². The van der Waals surface area contributed by atoms with Crippen LogP contribution < -0.4 is 10.1 Å². The van der Waals surface area contributed by atoms with E-state index < -0.39 is 0 Å². The van der Waals surface area contributed by atoms with Gasteiger partial charge in [0.15, 0.2) is 0 Å². The zero-order valence-electron chi connectivity index (χ0n) is 16.7. The van der Waals surface area contributed by atoms with E-state index in [0.29, 0.717) is 5.56 Å². The first-order valence-electron chi connectivity index (χ1n) is 9.28. The number of anilines is 1. The fraction of sp³-hybridized carbons (Fsp3) is 0.160. The molecule has 0 unspecified atom stereocenters. The van der Waals surface area contributed by atoms with Gasteiger partial charge in [0, 0.05) is 11.3 Å². The van der Waals surface area contributed by atoms with Gasteiger partial charge < -0.3 is 10.1 Å². The number of benzene rings is 3. The Morgan fingerprint density at radius 3 is 2.32 bits per heavy atom. The van der Waals surface area contributed by atoms with Crippen molar-refractivity contribution in [2.24, 2.45) is 0 Å². The minimum Gasteiger partial charge on any atom is -0.497 e. The minimum absolute atomic E-state index is 0.0850. The molecular weight excluding hydrogens is 346 g/mol. The van der Waals surface area contributed by atoms with Crippen LogP contribution in [0.2, 0.25) is 0 Å². The van der Waals surface area contributed by atoms with Gasteiger partial charge in [-0.05, 0) is 72.9 Å². The molecule has 0 aliphatic heterocycles. The normalized spacial score (nSPS) is 10.9. The quantitative estimate of drug-likeness (QED) is 0.555. The first-order valence-corrected chi connectivity index (χ1v) is 9.28. The number of nitrogens with one attached hydrogen (secondary N) is 1. The Bertz CT molecular complexity index is 1030. The molecule has 3 aromatic rings. The van der Waals surface area contributed by atoms with Crippen molar-refractivity contribution in [3.8, 4) is 5.75 Å². The van der Waals surface area contributed by atoms with Crippen LogP contribution in [0.5, 0.6) is 5.75 Å². The van der Waals surface area contributed by atoms with E-state index >= 15 is 0 Å². The Hall–Kier alpha value is -3.33. The van der Waals surface area contributed by atoms with Gasteiger partial charge in [-0.15, -0.1) is 0 Å². The van der Waals surface area contributed by atoms with Crippen molar-refractivity contribution in [1.82, 2.24) is 0 Å². The molecule has 0 heterocycles. The summed E-state index contributed by atoms with van der Waals surface area (Å²) in [5, 5.41) is 3.06. The van der Waals surface area contributed by atoms with E-state index in [2.05, 4.69) is 5.32 Å². The third-order valence-corrected chi connectivity index (χ3v) is 4.92. The summed E-state index contributed by atoms with van der Waals surface area (Å²) in [6.45, 7) is 5.99. The highest BCUT2D eigenvalue weighted by atomic mass is 16.5. The Kier molecular flexibility index (Phi) is 5.95. The standard InChI is InChI=1S/C25H25NO2/c1-17-7-5-10-23(19(17)3)25(27)26-24-16-21(12-11-18(24)2)14-13-20-8-6-9-22(15-20)28-4/h5-16H,1-4H3,(H,26,27)/b14-13+. The summed E-state index contributed by atoms with van der Waals surface area (Å²) >= 11 is 0. The second kappa shape index (κ2) is 8.57. The Morgan fingerprint density at radius 2 is 1.57 bits per heavy atom. The third kappa shape index (κ3) is 4.49. The van der Waals surface area contributed by atoms with Crippen molar-refractivity contribution in [2.75, 3.05) is 12.4 Å². The molecule has 0 bridgehead atoms. The van der Waals surface area contributed by atoms with Gasteiger partial charge in [0.2, 0.25) is 0 Å². The second-order valence-electron chi connectivity index (χ2n) is 6.89. The molecule has 3 rings (SSSR count). The summed E-state index contributed by atoms with van der Waals surface area (Å²) < 4.78 is 5.26. The summed E-state index contributed by atoms with van der Waals surface area (Å²) in [7, 11) is 1.66. The van der Waals surface area contributed by atoms with Gasteiger partial charge in [0.1, 0.15) is 5.75 Å². The van der Waals surface area contributed by atoms with Gasteiger partial charge in [-0.2, -0.15) is 0 Å². The maximum atomic E-state index is 12.8. The molecule has 0 saturated carbocycles. The number of methoxy groups -OCH3 is 1. The van der Waals surface area contributed by atoms with Crippen molar-refractivity contribution in [3.05, 3.63) is 94.0 Å². The van der Waals surface area contributed by atoms with Crippen molar-refractivity contribution >= 4 is 23.7 Å². The molecule has 0 atom stereocenters. The maximum absolute atomic E-state index is 12.8. The molecule has 0 aliphatic rings. The van der Waals surface area contributed by atoms with Gasteiger partial charge in [0.05, 0.1) is 7.11 Å². The predicted octanol–water partition coefficient (Wildman–Crippen LogP) is 6.04. The van der Waals surface area contributed by atoms with E-state index in [1.165, 1.54) is 0 Å². The molecule has 28 heavy (non-hydrogen) atoms. The van der Waals surface area contributed by atoms with Crippen LogP contribution in [0.15, 0.2) is 60.7 Å². The van der Waals surface area contributed by atoms with Crippen LogP contribution in [-0.4, -0.2) is 13.0 Å². The molecule has 0 radical (unpaired) electrons. The number of ether oxygens (including phenoxy) is 1. The molecule has 3 aromatic carbocycles. The number of hydrogen-bond donors (Lipinski definition) is 1. The van der Waals surface area contributed by atoms with Crippen LogP contribution in [0.25, 0.3) is 12.2 Å². The molecule has 0 saturated heterocycles. The van der Waals surface area contributed by atoms with Crippen molar-refractivity contribution in [2.45, 2.75) is 20.8 Å². The number of rotatable bonds is 5. The predicted molar refractivity (Wildman–Crippen MR) is 117 cm³/mol. The molecule has 3 nitrogen and oxygen atoms in total. The summed E-state index contributed by atoms with van der Waals surface area (Å²) in [5.41, 5.74) is 6.74. The van der Waals surface area contributed by atoms with Crippen molar-refractivity contribution in [1.29, 1.82) is 0 Å². The fourth-order valence-corrected chi connectivity index (χ4v) is 3.00. The van der Waals surface area contributed by atoms with Crippen LogP contribution >= 0.6 is 0 Å².